The number of unbranched alkanes of at least 4 members (excludes halogenated alkanes) is 1. The molecule has 1 unspecified atom stereocenters. The van der Waals surface area contributed by atoms with E-state index < -0.39 is 0 Å². The minimum Gasteiger partial charge on any atom is -0.490 e. The predicted octanol–water partition coefficient (Wildman–Crippen LogP) is 5.48. The molecule has 0 radical (unpaired) electrons. The molecule has 7 nitrogen and oxygen atoms in total. The molecule has 0 aromatic heterocycles. The molecule has 3 N–H and O–H groups in total. The van der Waals surface area contributed by atoms with Crippen molar-refractivity contribution in [3.63, 3.8) is 0 Å². The van der Waals surface area contributed by atoms with Gasteiger partial charge in [0.15, 0.2) is 0 Å². The summed E-state index contributed by atoms with van der Waals surface area (Å²) in [6.07, 6.45) is 7.98. The summed E-state index contributed by atoms with van der Waals surface area (Å²) < 4.78 is 6.37. The van der Waals surface area contributed by atoms with Crippen LogP contribution in [0.15, 0.2) is 45.6 Å². The lowest BCUT2D eigenvalue weighted by molar-refractivity contribution is 0.176. The molecule has 7 heteroatoms. The van der Waals surface area contributed by atoms with Crippen molar-refractivity contribution in [2.45, 2.75) is 98.3 Å². The number of likely N-dealkylation sites (tertiary alicyclic amines) is 1. The van der Waals surface area contributed by atoms with Gasteiger partial charge in [-0.25, -0.2) is 4.99 Å². The van der Waals surface area contributed by atoms with Gasteiger partial charge in [-0.2, -0.15) is 4.99 Å². The van der Waals surface area contributed by atoms with Gasteiger partial charge in [0.1, 0.15) is 11.6 Å². The zero-order valence-corrected chi connectivity index (χ0v) is 23.4. The Kier molecular flexibility index (Phi) is 10.7. The number of benzene rings is 1. The van der Waals surface area contributed by atoms with Gasteiger partial charge in [0.25, 0.3) is 0 Å². The molecule has 2 aliphatic rings. The molecule has 2 heterocycles. The highest BCUT2D eigenvalue weighted by atomic mass is 16.5. The summed E-state index contributed by atoms with van der Waals surface area (Å²) in [4.78, 5) is 14.3. The van der Waals surface area contributed by atoms with Gasteiger partial charge in [0.05, 0.1) is 12.6 Å². The smallest absolute Gasteiger partial charge is 0.229 e. The van der Waals surface area contributed by atoms with Crippen LogP contribution in [-0.4, -0.2) is 54.0 Å². The van der Waals surface area contributed by atoms with E-state index in [9.17, 15) is 0 Å². The second-order valence-corrected chi connectivity index (χ2v) is 10.6. The van der Waals surface area contributed by atoms with Crippen LogP contribution in [0.4, 0.5) is 0 Å². The zero-order valence-electron chi connectivity index (χ0n) is 23.4. The summed E-state index contributed by atoms with van der Waals surface area (Å²) in [5.41, 5.74) is 8.56. The lowest BCUT2D eigenvalue weighted by Gasteiger charge is -2.38. The third-order valence-corrected chi connectivity index (χ3v) is 7.24. The van der Waals surface area contributed by atoms with Crippen LogP contribution in [0, 0.1) is 5.92 Å². The molecule has 0 spiro atoms. The number of guanidine groups is 2. The highest BCUT2D eigenvalue weighted by Gasteiger charge is 2.27. The van der Waals surface area contributed by atoms with Crippen LogP contribution in [0.2, 0.25) is 0 Å². The first-order valence-corrected chi connectivity index (χ1v) is 13.9. The minimum absolute atomic E-state index is 0.280. The second kappa shape index (κ2) is 13.7. The third kappa shape index (κ3) is 7.73. The van der Waals surface area contributed by atoms with Crippen molar-refractivity contribution < 1.29 is 4.74 Å². The fourth-order valence-corrected chi connectivity index (χ4v) is 4.61. The monoisotopic (exact) mass is 496 g/mol. The molecule has 200 valence electrons. The van der Waals surface area contributed by atoms with Crippen LogP contribution in [0.3, 0.4) is 0 Å². The Morgan fingerprint density at radius 2 is 1.94 bits per heavy atom. The molecule has 0 bridgehead atoms. The Morgan fingerprint density at radius 3 is 2.61 bits per heavy atom. The molecule has 1 aromatic rings. The fraction of sp³-hybridized carbons (Fsp3) is 0.655. The summed E-state index contributed by atoms with van der Waals surface area (Å²) in [5, 5.41) is 3.60. The summed E-state index contributed by atoms with van der Waals surface area (Å²) in [6.45, 7) is 13.5. The van der Waals surface area contributed by atoms with E-state index in [0.717, 1.165) is 74.2 Å². The van der Waals surface area contributed by atoms with Crippen molar-refractivity contribution in [3.8, 4) is 5.75 Å². The second-order valence-electron chi connectivity index (χ2n) is 10.6. The quantitative estimate of drug-likeness (QED) is 0.448. The van der Waals surface area contributed by atoms with Crippen LogP contribution in [-0.2, 0) is 6.54 Å². The van der Waals surface area contributed by atoms with Gasteiger partial charge in [-0.1, -0.05) is 59.1 Å². The highest BCUT2D eigenvalue weighted by molar-refractivity contribution is 5.99. The van der Waals surface area contributed by atoms with Crippen LogP contribution in [0.25, 0.3) is 0 Å². The van der Waals surface area contributed by atoms with E-state index >= 15 is 0 Å². The Morgan fingerprint density at radius 1 is 1.19 bits per heavy atom. The number of rotatable bonds is 10. The molecule has 1 atom stereocenters. The average Bonchev–Trinajstić information content (AvgIpc) is 2.87. The van der Waals surface area contributed by atoms with Gasteiger partial charge in [-0.05, 0) is 61.8 Å². The number of hydrogen-bond acceptors (Lipinski definition) is 5. The zero-order chi connectivity index (χ0) is 26.1. The summed E-state index contributed by atoms with van der Waals surface area (Å²) in [5.74, 6) is 4.03. The van der Waals surface area contributed by atoms with Crippen LogP contribution >= 0.6 is 0 Å². The van der Waals surface area contributed by atoms with Crippen molar-refractivity contribution >= 4 is 11.9 Å². The molecular formula is C29H48N6O. The Bertz CT molecular complexity index is 929. The SMILES string of the molecule is CCCCC(CCC)Oc1cccc(CN=C2N=C(N3CCC(N)CC3)N/C(=C(/C)C(C)C)N2C)c1. The molecule has 0 amide bonds. The van der Waals surface area contributed by atoms with Crippen LogP contribution in [0.5, 0.6) is 5.75 Å². The Hall–Kier alpha value is -2.54. The average molecular weight is 497 g/mol. The highest BCUT2D eigenvalue weighted by Crippen LogP contribution is 2.22. The number of nitrogens with two attached hydrogens (primary N) is 1. The number of allylic oxidation sites excluding steroid dienone is 1. The maximum Gasteiger partial charge on any atom is 0.229 e. The molecule has 0 saturated carbocycles. The lowest BCUT2D eigenvalue weighted by Crippen LogP contribution is -2.53. The van der Waals surface area contributed by atoms with E-state index in [2.05, 4.69) is 74.0 Å². The lowest BCUT2D eigenvalue weighted by atomic mass is 10.0. The third-order valence-electron chi connectivity index (χ3n) is 7.24. The van der Waals surface area contributed by atoms with Gasteiger partial charge in [-0.3, -0.25) is 4.90 Å². The number of hydrogen-bond donors (Lipinski definition) is 2. The first-order valence-electron chi connectivity index (χ1n) is 13.9. The normalized spacial score (nSPS) is 20.4. The van der Waals surface area contributed by atoms with Crippen LogP contribution in [0.1, 0.15) is 85.1 Å². The van der Waals surface area contributed by atoms with E-state index in [1.165, 1.54) is 18.4 Å². The standard InChI is InChI=1S/C29H48N6O/c1-7-9-13-25(11-8-2)36-26-14-10-12-23(19-26)20-31-28-33-29(35-17-15-24(30)16-18-35)32-27(34(28)6)22(5)21(3)4/h10,12,14,19,21,24-25H,7-9,11,13,15-18,20,30H2,1-6H3,(H,31,32,33)/b27-22+. The summed E-state index contributed by atoms with van der Waals surface area (Å²) >= 11 is 0. The van der Waals surface area contributed by atoms with Gasteiger partial charge in [0, 0.05) is 26.2 Å². The van der Waals surface area contributed by atoms with Crippen molar-refractivity contribution in [1.29, 1.82) is 0 Å². The van der Waals surface area contributed by atoms with E-state index in [-0.39, 0.29) is 12.1 Å². The number of nitrogens with zero attached hydrogens (tertiary/aromatic N) is 4. The fourth-order valence-electron chi connectivity index (χ4n) is 4.61. The van der Waals surface area contributed by atoms with Gasteiger partial charge in [-0.15, -0.1) is 0 Å². The number of nitrogens with one attached hydrogen (secondary N) is 1. The number of piperidine rings is 1. The molecule has 1 saturated heterocycles. The molecular weight excluding hydrogens is 448 g/mol. The Labute approximate surface area is 218 Å². The number of ether oxygens (including phenoxy) is 1. The Balaban J connectivity index is 1.81. The molecule has 1 aromatic carbocycles. The first kappa shape index (κ1) is 28.0. The summed E-state index contributed by atoms with van der Waals surface area (Å²) in [7, 11) is 2.04. The topological polar surface area (TPSA) is 78.5 Å². The van der Waals surface area contributed by atoms with Crippen molar-refractivity contribution in [2.24, 2.45) is 21.6 Å². The summed E-state index contributed by atoms with van der Waals surface area (Å²) in [6, 6.07) is 8.66. The van der Waals surface area contributed by atoms with E-state index in [1.807, 2.05) is 7.05 Å². The van der Waals surface area contributed by atoms with Crippen molar-refractivity contribution in [1.82, 2.24) is 15.1 Å². The molecule has 3 rings (SSSR count). The van der Waals surface area contributed by atoms with Gasteiger partial charge in [0.2, 0.25) is 11.9 Å². The largest absolute Gasteiger partial charge is 0.490 e. The van der Waals surface area contributed by atoms with Crippen LogP contribution < -0.4 is 15.8 Å². The first-order chi connectivity index (χ1) is 17.3. The number of aliphatic imine (C=N–C) groups is 2. The van der Waals surface area contributed by atoms with Gasteiger partial charge < -0.3 is 20.7 Å². The molecule has 1 fully saturated rings. The molecule has 36 heavy (non-hydrogen) atoms. The molecule has 2 aliphatic heterocycles. The van der Waals surface area contributed by atoms with Crippen molar-refractivity contribution in [2.75, 3.05) is 20.1 Å². The molecule has 0 aliphatic carbocycles. The minimum atomic E-state index is 0.280. The maximum atomic E-state index is 6.37. The maximum absolute atomic E-state index is 6.37. The van der Waals surface area contributed by atoms with E-state index in [1.54, 1.807) is 0 Å². The van der Waals surface area contributed by atoms with Gasteiger partial charge >= 0.3 is 0 Å². The van der Waals surface area contributed by atoms with E-state index in [0.29, 0.717) is 12.5 Å². The predicted molar refractivity (Wildman–Crippen MR) is 151 cm³/mol. The van der Waals surface area contributed by atoms with E-state index in [4.69, 9.17) is 20.5 Å². The van der Waals surface area contributed by atoms with Crippen molar-refractivity contribution in [3.05, 3.63) is 41.2 Å².